The molecule has 3 atom stereocenters. The number of hydrogen-bond donors (Lipinski definition) is 4. The van der Waals surface area contributed by atoms with Crippen LogP contribution in [0.15, 0.2) is 41.1 Å². The number of nitrogens with one attached hydrogen (secondary N) is 4. The zero-order valence-corrected chi connectivity index (χ0v) is 29.2. The van der Waals surface area contributed by atoms with Crippen LogP contribution in [0.4, 0.5) is 0 Å². The number of thiazole rings is 2. The molecule has 4 bridgehead atoms. The van der Waals surface area contributed by atoms with Crippen molar-refractivity contribution in [3.63, 3.8) is 0 Å². The third-order valence-electron chi connectivity index (χ3n) is 7.57. The Labute approximate surface area is 284 Å². The summed E-state index contributed by atoms with van der Waals surface area (Å²) < 4.78 is 0. The highest BCUT2D eigenvalue weighted by atomic mass is 35.5. The van der Waals surface area contributed by atoms with E-state index in [4.69, 9.17) is 0 Å². The molecule has 0 fully saturated rings. The Morgan fingerprint density at radius 3 is 2.22 bits per heavy atom. The van der Waals surface area contributed by atoms with Gasteiger partial charge in [0.15, 0.2) is 0 Å². The van der Waals surface area contributed by atoms with Crippen molar-refractivity contribution >= 4 is 58.7 Å². The van der Waals surface area contributed by atoms with Gasteiger partial charge in [0, 0.05) is 36.8 Å². The second-order valence-electron chi connectivity index (χ2n) is 11.7. The van der Waals surface area contributed by atoms with Crippen LogP contribution in [-0.4, -0.2) is 71.2 Å². The molecule has 46 heavy (non-hydrogen) atoms. The van der Waals surface area contributed by atoms with Gasteiger partial charge in [-0.05, 0) is 51.1 Å². The second-order valence-corrected chi connectivity index (χ2v) is 13.4. The van der Waals surface area contributed by atoms with Crippen LogP contribution in [0.1, 0.15) is 95.1 Å². The molecule has 4 amide bonds. The molecule has 0 radical (unpaired) electrons. The zero-order valence-electron chi connectivity index (χ0n) is 26.7. The van der Waals surface area contributed by atoms with Crippen molar-refractivity contribution in [2.24, 2.45) is 5.92 Å². The van der Waals surface area contributed by atoms with E-state index in [0.717, 1.165) is 5.56 Å². The van der Waals surface area contributed by atoms with Gasteiger partial charge in [0.25, 0.3) is 11.8 Å². The van der Waals surface area contributed by atoms with Crippen LogP contribution in [0.3, 0.4) is 0 Å². The van der Waals surface area contributed by atoms with E-state index in [2.05, 4.69) is 45.1 Å². The van der Waals surface area contributed by atoms with Gasteiger partial charge in [-0.25, -0.2) is 9.97 Å². The van der Waals surface area contributed by atoms with Crippen molar-refractivity contribution < 1.29 is 19.2 Å². The highest BCUT2D eigenvalue weighted by Crippen LogP contribution is 2.27. The van der Waals surface area contributed by atoms with Gasteiger partial charge in [0.2, 0.25) is 11.8 Å². The number of halogens is 1. The normalized spacial score (nSPS) is 19.2. The number of carbonyl (C=O) groups is 4. The highest BCUT2D eigenvalue weighted by Gasteiger charge is 2.26. The Morgan fingerprint density at radius 2 is 1.57 bits per heavy atom. The summed E-state index contributed by atoms with van der Waals surface area (Å²) in [5, 5.41) is 16.8. The van der Waals surface area contributed by atoms with E-state index in [0.29, 0.717) is 55.3 Å². The largest absolute Gasteiger partial charge is 0.351 e. The first-order valence-corrected chi connectivity index (χ1v) is 17.2. The van der Waals surface area contributed by atoms with Crippen molar-refractivity contribution in [2.45, 2.75) is 71.0 Å². The average Bonchev–Trinajstić information content (AvgIpc) is 3.72. The van der Waals surface area contributed by atoms with Crippen LogP contribution in [0.25, 0.3) is 0 Å². The molecule has 0 saturated carbocycles. The SMILES string of the molecule is CN[C@@H](C)C(=O)N1CCCNC(=O)c2csc(n2)[C@H](Cc2ccccc2)NC(=O)c2csc(n2)[C@H](CC(C)C)NC(=O)CCC1.Cl. The third kappa shape index (κ3) is 10.6. The number of rotatable bonds is 6. The quantitative estimate of drug-likeness (QED) is 0.302. The monoisotopic (exact) mass is 689 g/mol. The zero-order chi connectivity index (χ0) is 32.3. The Kier molecular flexibility index (Phi) is 14.6. The lowest BCUT2D eigenvalue weighted by atomic mass is 10.0. The first-order valence-electron chi connectivity index (χ1n) is 15.4. The van der Waals surface area contributed by atoms with E-state index in [-0.39, 0.29) is 71.8 Å². The molecule has 3 heterocycles. The smallest absolute Gasteiger partial charge is 0.271 e. The van der Waals surface area contributed by atoms with Gasteiger partial charge >= 0.3 is 0 Å². The molecule has 1 aliphatic heterocycles. The van der Waals surface area contributed by atoms with Gasteiger partial charge in [-0.2, -0.15) is 0 Å². The summed E-state index contributed by atoms with van der Waals surface area (Å²) in [5.74, 6) is -0.558. The predicted molar refractivity (Wildman–Crippen MR) is 183 cm³/mol. The van der Waals surface area contributed by atoms with Gasteiger partial charge in [-0.3, -0.25) is 19.2 Å². The van der Waals surface area contributed by atoms with E-state index in [9.17, 15) is 19.2 Å². The lowest BCUT2D eigenvalue weighted by molar-refractivity contribution is -0.133. The van der Waals surface area contributed by atoms with E-state index in [1.807, 2.05) is 30.3 Å². The Hall–Kier alpha value is -3.39. The molecule has 0 aliphatic carbocycles. The van der Waals surface area contributed by atoms with E-state index in [1.54, 1.807) is 29.6 Å². The van der Waals surface area contributed by atoms with Crippen molar-refractivity contribution in [3.05, 3.63) is 68.1 Å². The van der Waals surface area contributed by atoms with Gasteiger partial charge < -0.3 is 26.2 Å². The van der Waals surface area contributed by atoms with Crippen molar-refractivity contribution in [3.8, 4) is 0 Å². The first kappa shape index (κ1) is 37.1. The van der Waals surface area contributed by atoms with Gasteiger partial charge in [-0.1, -0.05) is 44.2 Å². The molecule has 11 nitrogen and oxygen atoms in total. The Bertz CT molecular complexity index is 1450. The molecule has 250 valence electrons. The van der Waals surface area contributed by atoms with E-state index >= 15 is 0 Å². The predicted octanol–water partition coefficient (Wildman–Crippen LogP) is 4.29. The lowest BCUT2D eigenvalue weighted by Gasteiger charge is -2.26. The number of fused-ring (bicyclic) bond motifs is 4. The molecular formula is C32H44ClN7O4S2. The molecule has 4 rings (SSSR count). The average molecular weight is 690 g/mol. The van der Waals surface area contributed by atoms with E-state index < -0.39 is 6.04 Å². The lowest BCUT2D eigenvalue weighted by Crippen LogP contribution is -2.45. The highest BCUT2D eigenvalue weighted by molar-refractivity contribution is 7.10. The minimum atomic E-state index is -0.481. The number of benzene rings is 1. The fraction of sp³-hybridized carbons (Fsp3) is 0.500. The number of hydrogen-bond acceptors (Lipinski definition) is 9. The minimum Gasteiger partial charge on any atom is -0.351 e. The molecule has 0 saturated heterocycles. The minimum absolute atomic E-state index is 0. The van der Waals surface area contributed by atoms with Crippen LogP contribution in [-0.2, 0) is 16.0 Å². The third-order valence-corrected chi connectivity index (χ3v) is 9.49. The van der Waals surface area contributed by atoms with Gasteiger partial charge in [0.1, 0.15) is 21.4 Å². The summed E-state index contributed by atoms with van der Waals surface area (Å²) in [7, 11) is 1.74. The summed E-state index contributed by atoms with van der Waals surface area (Å²) in [6.45, 7) is 7.18. The summed E-state index contributed by atoms with van der Waals surface area (Å²) in [4.78, 5) is 63.6. The Morgan fingerprint density at radius 1 is 0.935 bits per heavy atom. The van der Waals surface area contributed by atoms with Gasteiger partial charge in [0.05, 0.1) is 18.1 Å². The van der Waals surface area contributed by atoms with Crippen LogP contribution in [0.5, 0.6) is 0 Å². The second kappa shape index (κ2) is 18.1. The number of carbonyl (C=O) groups excluding carboxylic acids is 4. The Balaban J connectivity index is 0.00000576. The molecule has 1 aliphatic rings. The fourth-order valence-electron chi connectivity index (χ4n) is 5.07. The maximum Gasteiger partial charge on any atom is 0.271 e. The topological polar surface area (TPSA) is 145 Å². The molecule has 14 heteroatoms. The summed E-state index contributed by atoms with van der Waals surface area (Å²) >= 11 is 2.66. The van der Waals surface area contributed by atoms with Crippen LogP contribution in [0.2, 0.25) is 0 Å². The molecule has 0 spiro atoms. The number of amides is 4. The fourth-order valence-corrected chi connectivity index (χ4v) is 6.78. The number of likely N-dealkylation sites (N-methyl/N-ethyl adjacent to an activating group) is 1. The molecule has 2 aromatic heterocycles. The molecule has 1 aromatic carbocycles. The molecule has 3 aromatic rings. The molecular weight excluding hydrogens is 646 g/mol. The first-order chi connectivity index (χ1) is 21.6. The van der Waals surface area contributed by atoms with Gasteiger partial charge in [-0.15, -0.1) is 35.1 Å². The van der Waals surface area contributed by atoms with Crippen LogP contribution in [0, 0.1) is 5.92 Å². The van der Waals surface area contributed by atoms with Crippen LogP contribution < -0.4 is 21.3 Å². The molecule has 0 unspecified atom stereocenters. The van der Waals surface area contributed by atoms with E-state index in [1.165, 1.54) is 22.7 Å². The summed E-state index contributed by atoms with van der Waals surface area (Å²) in [6, 6.07) is 8.60. The number of nitrogens with zero attached hydrogens (tertiary/aromatic N) is 3. The summed E-state index contributed by atoms with van der Waals surface area (Å²) in [5.41, 5.74) is 1.56. The number of aromatic nitrogens is 2. The maximum absolute atomic E-state index is 13.5. The van der Waals surface area contributed by atoms with Crippen molar-refractivity contribution in [1.29, 1.82) is 0 Å². The standard InChI is InChI=1S/C32H43N7O4S2.ClH/c1-20(2)16-23-30-38-26(19-45-30)29(42)36-24(17-22-10-6-5-7-11-22)31-37-25(18-44-31)28(41)34-13-9-15-39(32(43)21(3)33-4)14-8-12-27(40)35-23;/h5-7,10-11,18-21,23-24,33H,8-9,12-17H2,1-4H3,(H,34,41)(H,35,40)(H,36,42);1H/t21-,23-,24-;/m0./s1. The maximum atomic E-state index is 13.5. The van der Waals surface area contributed by atoms with Crippen molar-refractivity contribution in [1.82, 2.24) is 36.1 Å². The molecule has 4 N–H and O–H groups in total. The summed E-state index contributed by atoms with van der Waals surface area (Å²) in [6.07, 6.45) is 2.44. The van der Waals surface area contributed by atoms with Crippen molar-refractivity contribution in [2.75, 3.05) is 26.7 Å². The van der Waals surface area contributed by atoms with Crippen LogP contribution >= 0.6 is 35.1 Å².